The lowest BCUT2D eigenvalue weighted by Gasteiger charge is -2.11. The summed E-state index contributed by atoms with van der Waals surface area (Å²) < 4.78 is 2.29. The van der Waals surface area contributed by atoms with Crippen molar-refractivity contribution < 1.29 is 4.92 Å². The number of rotatable bonds is 5. The van der Waals surface area contributed by atoms with Gasteiger partial charge in [-0.05, 0) is 12.1 Å². The molecule has 0 saturated heterocycles. The highest BCUT2D eigenvalue weighted by atomic mass is 32.2. The Hall–Kier alpha value is -3.27. The molecule has 27 heavy (non-hydrogen) atoms. The summed E-state index contributed by atoms with van der Waals surface area (Å²) in [4.78, 5) is 44.1. The number of hydrogen-bond donors (Lipinski definition) is 0. The predicted molar refractivity (Wildman–Crippen MR) is 103 cm³/mol. The number of aromatic nitrogens is 4. The lowest BCUT2D eigenvalue weighted by atomic mass is 10.2. The van der Waals surface area contributed by atoms with Gasteiger partial charge in [-0.25, -0.2) is 14.8 Å². The van der Waals surface area contributed by atoms with Gasteiger partial charge in [0.1, 0.15) is 10.4 Å². The third-order valence-corrected chi connectivity index (χ3v) is 4.91. The fourth-order valence-corrected chi connectivity index (χ4v) is 3.28. The molecule has 0 unspecified atom stereocenters. The molecule has 2 heterocycles. The van der Waals surface area contributed by atoms with Gasteiger partial charge in [0.25, 0.3) is 11.2 Å². The maximum atomic E-state index is 12.6. The minimum atomic E-state index is -0.500. The van der Waals surface area contributed by atoms with E-state index in [1.165, 1.54) is 54.7 Å². The number of non-ortho nitro benzene ring substituents is 1. The van der Waals surface area contributed by atoms with Gasteiger partial charge in [-0.2, -0.15) is 0 Å². The monoisotopic (exact) mass is 385 g/mol. The molecule has 0 aliphatic carbocycles. The molecule has 10 heteroatoms. The van der Waals surface area contributed by atoms with E-state index in [0.29, 0.717) is 16.3 Å². The second-order valence-electron chi connectivity index (χ2n) is 5.66. The number of nitro groups is 1. The van der Waals surface area contributed by atoms with Crippen LogP contribution in [0.1, 0.15) is 0 Å². The zero-order valence-electron chi connectivity index (χ0n) is 14.6. The molecule has 2 aromatic heterocycles. The summed E-state index contributed by atoms with van der Waals surface area (Å²) in [5.41, 5.74) is -0.286. The lowest BCUT2D eigenvalue weighted by molar-refractivity contribution is -0.384. The van der Waals surface area contributed by atoms with Crippen LogP contribution >= 0.6 is 11.8 Å². The molecule has 0 fully saturated rings. The zero-order valence-corrected chi connectivity index (χ0v) is 15.4. The topological polar surface area (TPSA) is 113 Å². The first-order valence-electron chi connectivity index (χ1n) is 7.81. The first-order valence-corrected chi connectivity index (χ1v) is 8.80. The number of hydrogen-bond acceptors (Lipinski definition) is 7. The van der Waals surface area contributed by atoms with Crippen LogP contribution in [-0.2, 0) is 14.1 Å². The molecule has 9 nitrogen and oxygen atoms in total. The summed E-state index contributed by atoms with van der Waals surface area (Å²) in [5.74, 6) is 0.782. The fraction of sp³-hybridized carbons (Fsp3) is 0.176. The molecule has 0 atom stereocenters. The van der Waals surface area contributed by atoms with E-state index in [0.717, 1.165) is 4.57 Å². The molecule has 0 amide bonds. The molecule has 3 rings (SSSR count). The van der Waals surface area contributed by atoms with Crippen molar-refractivity contribution in [3.8, 4) is 11.4 Å². The van der Waals surface area contributed by atoms with Crippen LogP contribution in [0.3, 0.4) is 0 Å². The first-order chi connectivity index (χ1) is 12.8. The highest BCUT2D eigenvalue weighted by Crippen LogP contribution is 2.27. The Labute approximate surface area is 157 Å². The third kappa shape index (κ3) is 3.26. The van der Waals surface area contributed by atoms with Crippen LogP contribution in [0.25, 0.3) is 22.4 Å². The van der Waals surface area contributed by atoms with E-state index in [4.69, 9.17) is 0 Å². The molecule has 3 aromatic rings. The van der Waals surface area contributed by atoms with Gasteiger partial charge in [-0.3, -0.25) is 24.0 Å². The minimum Gasteiger partial charge on any atom is -0.280 e. The van der Waals surface area contributed by atoms with Crippen LogP contribution in [-0.4, -0.2) is 29.8 Å². The maximum Gasteiger partial charge on any atom is 0.332 e. The highest BCUT2D eigenvalue weighted by molar-refractivity contribution is 7.99. The summed E-state index contributed by atoms with van der Waals surface area (Å²) in [5, 5.41) is 11.5. The molecule has 0 spiro atoms. The van der Waals surface area contributed by atoms with Crippen molar-refractivity contribution in [3.05, 3.63) is 67.9 Å². The van der Waals surface area contributed by atoms with E-state index in [1.807, 2.05) is 0 Å². The van der Waals surface area contributed by atoms with Crippen molar-refractivity contribution in [2.45, 2.75) is 5.03 Å². The van der Waals surface area contributed by atoms with Gasteiger partial charge in [0, 0.05) is 37.5 Å². The molecule has 138 valence electrons. The largest absolute Gasteiger partial charge is 0.332 e. The number of nitrogens with zero attached hydrogens (tertiary/aromatic N) is 5. The van der Waals surface area contributed by atoms with Crippen molar-refractivity contribution in [3.63, 3.8) is 0 Å². The number of nitro benzene ring substituents is 1. The van der Waals surface area contributed by atoms with Gasteiger partial charge in [0.2, 0.25) is 0 Å². The molecule has 0 aliphatic heterocycles. The van der Waals surface area contributed by atoms with Crippen LogP contribution in [0.15, 0.2) is 51.5 Å². The van der Waals surface area contributed by atoms with E-state index in [-0.39, 0.29) is 22.5 Å². The molecule has 0 radical (unpaired) electrons. The van der Waals surface area contributed by atoms with Crippen LogP contribution in [0.2, 0.25) is 0 Å². The van der Waals surface area contributed by atoms with Crippen LogP contribution in [0.4, 0.5) is 5.69 Å². The zero-order chi connectivity index (χ0) is 19.7. The quantitative estimate of drug-likeness (QED) is 0.217. The smallest absolute Gasteiger partial charge is 0.280 e. The Kier molecular flexibility index (Phi) is 4.91. The van der Waals surface area contributed by atoms with Crippen molar-refractivity contribution in [2.24, 2.45) is 14.1 Å². The molecule has 0 aliphatic rings. The number of aryl methyl sites for hydroxylation is 1. The lowest BCUT2D eigenvalue weighted by Crippen LogP contribution is -2.37. The molecular formula is C17H15N5O4S. The van der Waals surface area contributed by atoms with Crippen molar-refractivity contribution in [1.29, 1.82) is 0 Å². The van der Waals surface area contributed by atoms with E-state index < -0.39 is 16.2 Å². The van der Waals surface area contributed by atoms with Gasteiger partial charge in [-0.1, -0.05) is 6.08 Å². The minimum absolute atomic E-state index is 0.0536. The average Bonchev–Trinajstić information content (AvgIpc) is 2.68. The molecule has 1 aromatic carbocycles. The Morgan fingerprint density at radius 3 is 2.44 bits per heavy atom. The summed E-state index contributed by atoms with van der Waals surface area (Å²) in [6.45, 7) is 3.67. The summed E-state index contributed by atoms with van der Waals surface area (Å²) in [6.07, 6.45) is 1.68. The van der Waals surface area contributed by atoms with E-state index in [2.05, 4.69) is 16.5 Å². The van der Waals surface area contributed by atoms with Crippen molar-refractivity contribution in [1.82, 2.24) is 19.1 Å². The number of fused-ring (bicyclic) bond motifs is 1. The van der Waals surface area contributed by atoms with Crippen molar-refractivity contribution in [2.75, 3.05) is 5.75 Å². The maximum absolute atomic E-state index is 12.6. The summed E-state index contributed by atoms with van der Waals surface area (Å²) in [7, 11) is 2.93. The Morgan fingerprint density at radius 2 is 1.85 bits per heavy atom. The van der Waals surface area contributed by atoms with E-state index >= 15 is 0 Å². The molecular weight excluding hydrogens is 370 g/mol. The molecule has 0 saturated carbocycles. The van der Waals surface area contributed by atoms with Crippen LogP contribution in [0, 0.1) is 10.1 Å². The normalized spacial score (nSPS) is 10.9. The van der Waals surface area contributed by atoms with Gasteiger partial charge < -0.3 is 0 Å². The van der Waals surface area contributed by atoms with Gasteiger partial charge in [0.05, 0.1) is 4.92 Å². The summed E-state index contributed by atoms with van der Waals surface area (Å²) >= 11 is 1.30. The fourth-order valence-electron chi connectivity index (χ4n) is 2.53. The Balaban J connectivity index is 2.32. The molecule has 0 bridgehead atoms. The standard InChI is InChI=1S/C17H15N5O4S/c1-4-9-27-15-12-14(20(2)17(24)21(3)16(12)23)18-13(19-15)10-5-7-11(8-6-10)22(25)26/h4-8H,1,9H2,2-3H3. The highest BCUT2D eigenvalue weighted by Gasteiger charge is 2.18. The van der Waals surface area contributed by atoms with Gasteiger partial charge in [0.15, 0.2) is 11.5 Å². The Bertz CT molecular complexity index is 1180. The SMILES string of the molecule is C=CCSc1nc(-c2ccc([N+](=O)[O-])cc2)nc2c1c(=O)n(C)c(=O)n2C. The van der Waals surface area contributed by atoms with Gasteiger partial charge >= 0.3 is 5.69 Å². The van der Waals surface area contributed by atoms with E-state index in [9.17, 15) is 19.7 Å². The molecule has 0 N–H and O–H groups in total. The number of benzene rings is 1. The van der Waals surface area contributed by atoms with Crippen molar-refractivity contribution >= 4 is 28.5 Å². The Morgan fingerprint density at radius 1 is 1.19 bits per heavy atom. The second kappa shape index (κ2) is 7.16. The second-order valence-corrected chi connectivity index (χ2v) is 6.67. The average molecular weight is 385 g/mol. The van der Waals surface area contributed by atoms with Crippen LogP contribution in [0.5, 0.6) is 0 Å². The van der Waals surface area contributed by atoms with E-state index in [1.54, 1.807) is 6.08 Å². The first kappa shape index (κ1) is 18.5. The summed E-state index contributed by atoms with van der Waals surface area (Å²) in [6, 6.07) is 5.76. The third-order valence-electron chi connectivity index (χ3n) is 3.94. The van der Waals surface area contributed by atoms with Crippen LogP contribution < -0.4 is 11.2 Å². The predicted octanol–water partition coefficient (Wildman–Crippen LogP) is 1.88. The number of thioether (sulfide) groups is 1. The van der Waals surface area contributed by atoms with Gasteiger partial charge in [-0.15, -0.1) is 18.3 Å².